The van der Waals surface area contributed by atoms with E-state index in [1.165, 1.54) is 5.56 Å². The van der Waals surface area contributed by atoms with Gasteiger partial charge in [-0.05, 0) is 42.3 Å². The summed E-state index contributed by atoms with van der Waals surface area (Å²) in [7, 11) is 0. The summed E-state index contributed by atoms with van der Waals surface area (Å²) in [6, 6.07) is 11.5. The molecule has 6 heteroatoms. The first-order valence-electron chi connectivity index (χ1n) is 7.27. The van der Waals surface area contributed by atoms with Crippen LogP contribution in [-0.4, -0.2) is 22.9 Å². The lowest BCUT2D eigenvalue weighted by atomic mass is 10.1. The largest absolute Gasteiger partial charge is 0.329 e. The molecule has 2 heterocycles. The summed E-state index contributed by atoms with van der Waals surface area (Å²) >= 11 is 6.15. The Morgan fingerprint density at radius 2 is 2.09 bits per heavy atom. The van der Waals surface area contributed by atoms with Crippen molar-refractivity contribution in [1.82, 2.24) is 9.97 Å². The molecule has 0 aliphatic carbocycles. The van der Waals surface area contributed by atoms with Gasteiger partial charge in [0.1, 0.15) is 12.1 Å². The smallest absolute Gasteiger partial charge is 0.211 e. The summed E-state index contributed by atoms with van der Waals surface area (Å²) in [4.78, 5) is 21.6. The van der Waals surface area contributed by atoms with Gasteiger partial charge >= 0.3 is 0 Å². The highest BCUT2D eigenvalue weighted by Gasteiger charge is 2.23. The quantitative estimate of drug-likeness (QED) is 0.749. The standard InChI is InChI=1S/C17H13ClN4O/c18-12-2-1-11-5-6-22(16(11)7-12)17-14-8-13(21-10-23)3-4-15(14)19-9-20-17/h1-4,7-10H,5-6H2,(H,21,23). The molecule has 0 unspecified atom stereocenters. The topological polar surface area (TPSA) is 58.1 Å². The van der Waals surface area contributed by atoms with E-state index >= 15 is 0 Å². The van der Waals surface area contributed by atoms with Crippen molar-refractivity contribution >= 4 is 46.1 Å². The molecule has 1 aliphatic heterocycles. The van der Waals surface area contributed by atoms with Crippen LogP contribution in [0, 0.1) is 0 Å². The van der Waals surface area contributed by atoms with Gasteiger partial charge in [-0.15, -0.1) is 0 Å². The third-order valence-electron chi connectivity index (χ3n) is 4.04. The Kier molecular flexibility index (Phi) is 3.35. The van der Waals surface area contributed by atoms with E-state index in [1.54, 1.807) is 6.33 Å². The van der Waals surface area contributed by atoms with Crippen LogP contribution in [0.15, 0.2) is 42.7 Å². The average molecular weight is 325 g/mol. The predicted molar refractivity (Wildman–Crippen MR) is 91.4 cm³/mol. The molecular formula is C17H13ClN4O. The van der Waals surface area contributed by atoms with E-state index in [9.17, 15) is 4.79 Å². The number of carbonyl (C=O) groups excluding carboxylic acids is 1. The first kappa shape index (κ1) is 14.0. The van der Waals surface area contributed by atoms with Gasteiger partial charge in [-0.3, -0.25) is 4.79 Å². The molecule has 2 aromatic carbocycles. The average Bonchev–Trinajstić information content (AvgIpc) is 2.97. The predicted octanol–water partition coefficient (Wildman–Crippen LogP) is 3.55. The number of halogens is 1. The van der Waals surface area contributed by atoms with Crippen LogP contribution >= 0.6 is 11.6 Å². The molecule has 1 amide bonds. The van der Waals surface area contributed by atoms with E-state index < -0.39 is 0 Å². The molecule has 4 rings (SSSR count). The molecule has 0 spiro atoms. The van der Waals surface area contributed by atoms with Crippen molar-refractivity contribution in [2.24, 2.45) is 0 Å². The van der Waals surface area contributed by atoms with Crippen LogP contribution in [0.1, 0.15) is 5.56 Å². The Bertz CT molecular complexity index is 912. The van der Waals surface area contributed by atoms with E-state index in [4.69, 9.17) is 11.6 Å². The zero-order chi connectivity index (χ0) is 15.8. The van der Waals surface area contributed by atoms with Crippen molar-refractivity contribution in [3.8, 4) is 0 Å². The van der Waals surface area contributed by atoms with Crippen LogP contribution in [0.5, 0.6) is 0 Å². The van der Waals surface area contributed by atoms with Crippen LogP contribution in [0.2, 0.25) is 5.02 Å². The molecule has 1 aliphatic rings. The lowest BCUT2D eigenvalue weighted by molar-refractivity contribution is -0.105. The molecule has 5 nitrogen and oxygen atoms in total. The van der Waals surface area contributed by atoms with Gasteiger partial charge in [0.05, 0.1) is 5.52 Å². The number of nitrogens with zero attached hydrogens (tertiary/aromatic N) is 3. The number of nitrogens with one attached hydrogen (secondary N) is 1. The lowest BCUT2D eigenvalue weighted by Crippen LogP contribution is -2.15. The molecule has 0 saturated carbocycles. The summed E-state index contributed by atoms with van der Waals surface area (Å²) in [5.74, 6) is 0.825. The number of amides is 1. The fourth-order valence-electron chi connectivity index (χ4n) is 2.99. The second kappa shape index (κ2) is 5.52. The normalized spacial score (nSPS) is 13.2. The molecule has 1 N–H and O–H groups in total. The number of fused-ring (bicyclic) bond motifs is 2. The summed E-state index contributed by atoms with van der Waals surface area (Å²) in [5.41, 5.74) is 3.88. The number of carbonyl (C=O) groups is 1. The van der Waals surface area contributed by atoms with Gasteiger partial charge in [0.25, 0.3) is 0 Å². The van der Waals surface area contributed by atoms with Gasteiger partial charge in [0, 0.05) is 28.3 Å². The third kappa shape index (κ3) is 2.39. The fraction of sp³-hybridized carbons (Fsp3) is 0.118. The van der Waals surface area contributed by atoms with Gasteiger partial charge in [-0.2, -0.15) is 0 Å². The molecule has 114 valence electrons. The molecule has 0 saturated heterocycles. The van der Waals surface area contributed by atoms with Gasteiger partial charge in [-0.25, -0.2) is 9.97 Å². The maximum Gasteiger partial charge on any atom is 0.211 e. The summed E-state index contributed by atoms with van der Waals surface area (Å²) in [6.45, 7) is 0.840. The Balaban J connectivity index is 1.88. The van der Waals surface area contributed by atoms with E-state index in [2.05, 4.69) is 26.3 Å². The van der Waals surface area contributed by atoms with Crippen LogP contribution in [0.4, 0.5) is 17.2 Å². The maximum absolute atomic E-state index is 10.7. The van der Waals surface area contributed by atoms with Gasteiger partial charge in [0.2, 0.25) is 6.41 Å². The number of benzene rings is 2. The van der Waals surface area contributed by atoms with Gasteiger partial charge < -0.3 is 10.2 Å². The number of anilines is 3. The summed E-state index contributed by atoms with van der Waals surface area (Å²) in [6.07, 6.45) is 3.17. The summed E-state index contributed by atoms with van der Waals surface area (Å²) < 4.78 is 0. The van der Waals surface area contributed by atoms with Crippen molar-refractivity contribution in [1.29, 1.82) is 0 Å². The number of rotatable bonds is 3. The van der Waals surface area contributed by atoms with E-state index in [1.807, 2.05) is 30.3 Å². The first-order chi connectivity index (χ1) is 11.3. The highest BCUT2D eigenvalue weighted by Crippen LogP contribution is 2.38. The van der Waals surface area contributed by atoms with E-state index in [-0.39, 0.29) is 0 Å². The lowest BCUT2D eigenvalue weighted by Gasteiger charge is -2.20. The Morgan fingerprint density at radius 3 is 2.96 bits per heavy atom. The Hall–Kier alpha value is -2.66. The third-order valence-corrected chi connectivity index (χ3v) is 4.27. The highest BCUT2D eigenvalue weighted by molar-refractivity contribution is 6.31. The van der Waals surface area contributed by atoms with Crippen molar-refractivity contribution in [3.63, 3.8) is 0 Å². The molecule has 0 radical (unpaired) electrons. The van der Waals surface area contributed by atoms with Crippen LogP contribution in [0.3, 0.4) is 0 Å². The minimum Gasteiger partial charge on any atom is -0.329 e. The van der Waals surface area contributed by atoms with E-state index in [0.29, 0.717) is 17.1 Å². The van der Waals surface area contributed by atoms with Crippen LogP contribution in [-0.2, 0) is 11.2 Å². The number of hydrogen-bond donors (Lipinski definition) is 1. The molecule has 0 bridgehead atoms. The monoisotopic (exact) mass is 324 g/mol. The molecular weight excluding hydrogens is 312 g/mol. The minimum atomic E-state index is 0.662. The second-order valence-electron chi connectivity index (χ2n) is 5.37. The zero-order valence-electron chi connectivity index (χ0n) is 12.2. The number of hydrogen-bond acceptors (Lipinski definition) is 4. The number of aromatic nitrogens is 2. The highest BCUT2D eigenvalue weighted by atomic mass is 35.5. The van der Waals surface area contributed by atoms with Crippen molar-refractivity contribution in [2.45, 2.75) is 6.42 Å². The van der Waals surface area contributed by atoms with Crippen molar-refractivity contribution in [2.75, 3.05) is 16.8 Å². The van der Waals surface area contributed by atoms with Crippen molar-refractivity contribution < 1.29 is 4.79 Å². The minimum absolute atomic E-state index is 0.662. The SMILES string of the molecule is O=CNc1ccc2ncnc(N3CCc4ccc(Cl)cc43)c2c1. The molecule has 0 atom stereocenters. The van der Waals surface area contributed by atoms with Gasteiger partial charge in [-0.1, -0.05) is 17.7 Å². The molecule has 1 aromatic heterocycles. The fourth-order valence-corrected chi connectivity index (χ4v) is 3.15. The second-order valence-corrected chi connectivity index (χ2v) is 5.80. The first-order valence-corrected chi connectivity index (χ1v) is 7.65. The van der Waals surface area contributed by atoms with Crippen molar-refractivity contribution in [3.05, 3.63) is 53.3 Å². The van der Waals surface area contributed by atoms with Gasteiger partial charge in [0.15, 0.2) is 0 Å². The Morgan fingerprint density at radius 1 is 1.17 bits per heavy atom. The van der Waals surface area contributed by atoms with Crippen LogP contribution in [0.25, 0.3) is 10.9 Å². The molecule has 23 heavy (non-hydrogen) atoms. The summed E-state index contributed by atoms with van der Waals surface area (Å²) in [5, 5.41) is 4.27. The maximum atomic E-state index is 10.7. The Labute approximate surface area is 137 Å². The van der Waals surface area contributed by atoms with E-state index in [0.717, 1.165) is 35.4 Å². The van der Waals surface area contributed by atoms with Crippen LogP contribution < -0.4 is 10.2 Å². The zero-order valence-corrected chi connectivity index (χ0v) is 12.9. The molecule has 0 fully saturated rings. The molecule has 3 aromatic rings.